The summed E-state index contributed by atoms with van der Waals surface area (Å²) in [4.78, 5) is 12.8. The Labute approximate surface area is 147 Å². The number of rotatable bonds is 4. The SMILES string of the molecule is C=Cc1ccccc1C1=C(C#Cc2ccccc2)C(OC)(OC)C1=O. The molecule has 1 aliphatic rings. The molecule has 0 heterocycles. The molecule has 0 unspecified atom stereocenters. The van der Waals surface area contributed by atoms with Crippen molar-refractivity contribution in [3.8, 4) is 11.8 Å². The van der Waals surface area contributed by atoms with Crippen molar-refractivity contribution < 1.29 is 14.3 Å². The van der Waals surface area contributed by atoms with E-state index in [1.807, 2.05) is 54.6 Å². The van der Waals surface area contributed by atoms with E-state index in [1.54, 1.807) is 6.08 Å². The van der Waals surface area contributed by atoms with Crippen molar-refractivity contribution in [2.24, 2.45) is 0 Å². The van der Waals surface area contributed by atoms with Crippen LogP contribution in [0, 0.1) is 11.8 Å². The topological polar surface area (TPSA) is 35.5 Å². The molecule has 2 aromatic carbocycles. The highest BCUT2D eigenvalue weighted by molar-refractivity contribution is 6.35. The van der Waals surface area contributed by atoms with E-state index in [2.05, 4.69) is 18.4 Å². The summed E-state index contributed by atoms with van der Waals surface area (Å²) < 4.78 is 10.8. The lowest BCUT2D eigenvalue weighted by Crippen LogP contribution is -2.53. The van der Waals surface area contributed by atoms with E-state index >= 15 is 0 Å². The van der Waals surface area contributed by atoms with Gasteiger partial charge in [-0.15, -0.1) is 0 Å². The third kappa shape index (κ3) is 2.72. The Morgan fingerprint density at radius 2 is 1.60 bits per heavy atom. The Hall–Kier alpha value is -2.93. The quantitative estimate of drug-likeness (QED) is 0.633. The van der Waals surface area contributed by atoms with Crippen LogP contribution in [0.25, 0.3) is 11.6 Å². The summed E-state index contributed by atoms with van der Waals surface area (Å²) in [5.41, 5.74) is 3.55. The van der Waals surface area contributed by atoms with Gasteiger partial charge < -0.3 is 9.47 Å². The number of ether oxygens (including phenoxy) is 2. The van der Waals surface area contributed by atoms with Crippen molar-refractivity contribution >= 4 is 17.4 Å². The first-order chi connectivity index (χ1) is 12.2. The minimum atomic E-state index is -1.44. The van der Waals surface area contributed by atoms with Crippen LogP contribution in [-0.2, 0) is 14.3 Å². The first-order valence-corrected chi connectivity index (χ1v) is 7.86. The molecule has 0 N–H and O–H groups in total. The summed E-state index contributed by atoms with van der Waals surface area (Å²) in [6.45, 7) is 3.82. The molecule has 0 bridgehead atoms. The van der Waals surface area contributed by atoms with Gasteiger partial charge in [-0.25, -0.2) is 0 Å². The lowest BCUT2D eigenvalue weighted by atomic mass is 9.75. The van der Waals surface area contributed by atoms with Crippen LogP contribution >= 0.6 is 0 Å². The highest BCUT2D eigenvalue weighted by Crippen LogP contribution is 2.44. The second-order valence-corrected chi connectivity index (χ2v) is 5.51. The maximum atomic E-state index is 12.8. The van der Waals surface area contributed by atoms with E-state index in [0.717, 1.165) is 16.7 Å². The number of Topliss-reactive ketones (excluding diaryl/α,β-unsaturated/α-hetero) is 1. The Kier molecular flexibility index (Phi) is 4.67. The number of methoxy groups -OCH3 is 2. The molecule has 0 aliphatic heterocycles. The second kappa shape index (κ2) is 6.90. The summed E-state index contributed by atoms with van der Waals surface area (Å²) in [5.74, 6) is 4.49. The van der Waals surface area contributed by atoms with Crippen molar-refractivity contribution in [1.29, 1.82) is 0 Å². The predicted octanol–water partition coefficient (Wildman–Crippen LogP) is 3.71. The molecule has 3 rings (SSSR count). The maximum Gasteiger partial charge on any atom is 0.269 e. The predicted molar refractivity (Wildman–Crippen MR) is 98.5 cm³/mol. The van der Waals surface area contributed by atoms with Crippen LogP contribution in [0.3, 0.4) is 0 Å². The zero-order valence-electron chi connectivity index (χ0n) is 14.2. The fourth-order valence-electron chi connectivity index (χ4n) is 2.93. The van der Waals surface area contributed by atoms with Crippen LogP contribution in [0.1, 0.15) is 16.7 Å². The van der Waals surface area contributed by atoms with Crippen LogP contribution in [0.2, 0.25) is 0 Å². The van der Waals surface area contributed by atoms with Crippen molar-refractivity contribution in [2.45, 2.75) is 5.79 Å². The molecular formula is C22H18O3. The zero-order valence-corrected chi connectivity index (χ0v) is 14.2. The van der Waals surface area contributed by atoms with Crippen LogP contribution in [0.4, 0.5) is 0 Å². The normalized spacial score (nSPS) is 15.2. The highest BCUT2D eigenvalue weighted by atomic mass is 16.7. The molecule has 0 fully saturated rings. The summed E-state index contributed by atoms with van der Waals surface area (Å²) in [7, 11) is 2.89. The van der Waals surface area contributed by atoms with E-state index < -0.39 is 5.79 Å². The molecular weight excluding hydrogens is 312 g/mol. The third-order valence-electron chi connectivity index (χ3n) is 4.24. The van der Waals surface area contributed by atoms with E-state index in [-0.39, 0.29) is 5.78 Å². The molecule has 2 aromatic rings. The van der Waals surface area contributed by atoms with Gasteiger partial charge in [-0.2, -0.15) is 0 Å². The van der Waals surface area contributed by atoms with Crippen molar-refractivity contribution in [3.05, 3.63) is 83.4 Å². The zero-order chi connectivity index (χ0) is 17.9. The van der Waals surface area contributed by atoms with Crippen LogP contribution < -0.4 is 0 Å². The Bertz CT molecular complexity index is 907. The first-order valence-electron chi connectivity index (χ1n) is 7.86. The smallest absolute Gasteiger partial charge is 0.269 e. The molecule has 0 saturated heterocycles. The maximum absolute atomic E-state index is 12.8. The fourth-order valence-corrected chi connectivity index (χ4v) is 2.93. The molecule has 0 aromatic heterocycles. The molecule has 0 amide bonds. The van der Waals surface area contributed by atoms with Crippen molar-refractivity contribution in [2.75, 3.05) is 14.2 Å². The summed E-state index contributed by atoms with van der Waals surface area (Å²) in [6, 6.07) is 17.1. The second-order valence-electron chi connectivity index (χ2n) is 5.51. The summed E-state index contributed by atoms with van der Waals surface area (Å²) in [5, 5.41) is 0. The van der Waals surface area contributed by atoms with Crippen molar-refractivity contribution in [1.82, 2.24) is 0 Å². The molecule has 0 spiro atoms. The van der Waals surface area contributed by atoms with Gasteiger partial charge in [-0.1, -0.05) is 67.0 Å². The first kappa shape index (κ1) is 16.9. The molecule has 0 radical (unpaired) electrons. The lowest BCUT2D eigenvalue weighted by molar-refractivity contribution is -0.189. The van der Waals surface area contributed by atoms with Gasteiger partial charge in [-0.3, -0.25) is 4.79 Å². The number of carbonyl (C=O) groups is 1. The number of hydrogen-bond acceptors (Lipinski definition) is 3. The minimum Gasteiger partial charge on any atom is -0.343 e. The minimum absolute atomic E-state index is 0.232. The van der Waals surface area contributed by atoms with E-state index in [1.165, 1.54) is 14.2 Å². The Morgan fingerprint density at radius 1 is 0.960 bits per heavy atom. The summed E-state index contributed by atoms with van der Waals surface area (Å²) >= 11 is 0. The number of ketones is 1. The Balaban J connectivity index is 2.19. The van der Waals surface area contributed by atoms with E-state index in [0.29, 0.717) is 11.1 Å². The monoisotopic (exact) mass is 330 g/mol. The molecule has 25 heavy (non-hydrogen) atoms. The van der Waals surface area contributed by atoms with Gasteiger partial charge in [0.15, 0.2) is 0 Å². The molecule has 0 atom stereocenters. The molecule has 3 heteroatoms. The summed E-state index contributed by atoms with van der Waals surface area (Å²) in [6.07, 6.45) is 1.72. The van der Waals surface area contributed by atoms with Gasteiger partial charge in [0.05, 0.1) is 5.57 Å². The van der Waals surface area contributed by atoms with Gasteiger partial charge in [0, 0.05) is 25.4 Å². The number of carbonyl (C=O) groups excluding carboxylic acids is 1. The highest BCUT2D eigenvalue weighted by Gasteiger charge is 2.55. The fraction of sp³-hybridized carbons (Fsp3) is 0.136. The molecule has 124 valence electrons. The lowest BCUT2D eigenvalue weighted by Gasteiger charge is -2.39. The van der Waals surface area contributed by atoms with Crippen LogP contribution in [0.15, 0.2) is 66.7 Å². The van der Waals surface area contributed by atoms with Gasteiger partial charge >= 0.3 is 0 Å². The number of benzene rings is 2. The van der Waals surface area contributed by atoms with Crippen LogP contribution in [-0.4, -0.2) is 25.8 Å². The Morgan fingerprint density at radius 3 is 2.24 bits per heavy atom. The average molecular weight is 330 g/mol. The molecule has 3 nitrogen and oxygen atoms in total. The molecule has 1 aliphatic carbocycles. The van der Waals surface area contributed by atoms with Gasteiger partial charge in [0.2, 0.25) is 5.78 Å². The van der Waals surface area contributed by atoms with Gasteiger partial charge in [-0.05, 0) is 23.3 Å². The van der Waals surface area contributed by atoms with Gasteiger partial charge in [0.1, 0.15) is 0 Å². The van der Waals surface area contributed by atoms with Crippen LogP contribution in [0.5, 0.6) is 0 Å². The van der Waals surface area contributed by atoms with Crippen molar-refractivity contribution in [3.63, 3.8) is 0 Å². The van der Waals surface area contributed by atoms with Gasteiger partial charge in [0.25, 0.3) is 5.79 Å². The standard InChI is InChI=1S/C22H18O3/c1-4-17-12-8-9-13-18(17)20-19(22(24-2,25-3)21(20)23)15-14-16-10-6-5-7-11-16/h4-13H,1H2,2-3H3. The molecule has 0 saturated carbocycles. The average Bonchev–Trinajstić information content (AvgIpc) is 2.67. The van der Waals surface area contributed by atoms with E-state index in [4.69, 9.17) is 9.47 Å². The largest absolute Gasteiger partial charge is 0.343 e. The third-order valence-corrected chi connectivity index (χ3v) is 4.24. The number of hydrogen-bond donors (Lipinski definition) is 0. The van der Waals surface area contributed by atoms with E-state index in [9.17, 15) is 4.79 Å².